The highest BCUT2D eigenvalue weighted by Gasteiger charge is 2.69. The van der Waals surface area contributed by atoms with E-state index >= 15 is 4.39 Å². The maximum absolute atomic E-state index is 15.8. The van der Waals surface area contributed by atoms with E-state index in [0.29, 0.717) is 13.1 Å². The number of nitrogens with two attached hydrogens (primary N) is 1. The number of nitrogens with one attached hydrogen (secondary N) is 1. The monoisotopic (exact) mass is 544 g/mol. The number of likely N-dealkylation sites (N-methyl/N-ethyl adjacent to an activating group) is 1. The first-order valence-electron chi connectivity index (χ1n) is 12.7. The molecule has 0 bridgehead atoms. The molecule has 2 saturated carbocycles. The van der Waals surface area contributed by atoms with Gasteiger partial charge in [-0.25, -0.2) is 4.39 Å². The number of phenols is 1. The molecular formula is C26H29FN4O8. The van der Waals surface area contributed by atoms with Crippen molar-refractivity contribution in [3.8, 4) is 5.75 Å². The molecule has 13 heteroatoms. The van der Waals surface area contributed by atoms with Crippen LogP contribution in [0.3, 0.4) is 0 Å². The van der Waals surface area contributed by atoms with Gasteiger partial charge in [0, 0.05) is 36.7 Å². The molecule has 0 spiro atoms. The number of piperazine rings is 1. The maximum atomic E-state index is 15.8. The van der Waals surface area contributed by atoms with E-state index in [0.717, 1.165) is 6.07 Å². The van der Waals surface area contributed by atoms with Crippen LogP contribution in [0.15, 0.2) is 6.07 Å². The van der Waals surface area contributed by atoms with Crippen molar-refractivity contribution in [3.05, 3.63) is 28.6 Å². The quantitative estimate of drug-likeness (QED) is 0.307. The fourth-order valence-electron chi connectivity index (χ4n) is 6.89. The molecule has 2 amide bonds. The molecule has 1 aliphatic heterocycles. The van der Waals surface area contributed by atoms with Gasteiger partial charge in [-0.1, -0.05) is 0 Å². The zero-order chi connectivity index (χ0) is 28.5. The smallest absolute Gasteiger partial charge is 0.235 e. The summed E-state index contributed by atoms with van der Waals surface area (Å²) < 4.78 is 15.8. The molecule has 3 aliphatic carbocycles. The fraction of sp³-hybridized carbons (Fsp3) is 0.538. The first-order valence-corrected chi connectivity index (χ1v) is 12.7. The Balaban J connectivity index is 1.56. The van der Waals surface area contributed by atoms with Crippen molar-refractivity contribution in [2.24, 2.45) is 29.4 Å². The average molecular weight is 545 g/mol. The Kier molecular flexibility index (Phi) is 6.43. The average Bonchev–Trinajstić information content (AvgIpc) is 2.84. The Morgan fingerprint density at radius 2 is 1.92 bits per heavy atom. The van der Waals surface area contributed by atoms with Crippen molar-refractivity contribution < 1.29 is 43.4 Å². The number of rotatable bonds is 4. The number of amides is 2. The Bertz CT molecular complexity index is 1350. The number of primary amides is 1. The molecule has 5 N–H and O–H groups in total. The van der Waals surface area contributed by atoms with Crippen LogP contribution in [-0.4, -0.2) is 100 Å². The van der Waals surface area contributed by atoms with Crippen LogP contribution in [0, 0.1) is 29.5 Å². The molecule has 1 aromatic carbocycles. The number of fused-ring (bicyclic) bond motifs is 3. The fourth-order valence-corrected chi connectivity index (χ4v) is 6.89. The Morgan fingerprint density at radius 3 is 2.54 bits per heavy atom. The van der Waals surface area contributed by atoms with Crippen LogP contribution >= 0.6 is 0 Å². The number of phenolic OH excluding ortho intramolecular Hbond substituents is 1. The summed E-state index contributed by atoms with van der Waals surface area (Å²) in [5, 5.41) is 25.0. The van der Waals surface area contributed by atoms with Crippen molar-refractivity contribution in [2.45, 2.75) is 31.0 Å². The minimum Gasteiger partial charge on any atom is -0.507 e. The van der Waals surface area contributed by atoms with Gasteiger partial charge in [0.1, 0.15) is 11.6 Å². The predicted molar refractivity (Wildman–Crippen MR) is 130 cm³/mol. The second-order valence-electron chi connectivity index (χ2n) is 11.1. The lowest BCUT2D eigenvalue weighted by Crippen LogP contribution is -2.74. The molecule has 6 atom stereocenters. The molecule has 0 aromatic heterocycles. The van der Waals surface area contributed by atoms with Crippen molar-refractivity contribution in [3.63, 3.8) is 0 Å². The van der Waals surface area contributed by atoms with E-state index in [-0.39, 0.29) is 43.0 Å². The number of ketones is 4. The molecule has 1 heterocycles. The number of hydrogen-bond donors (Lipinski definition) is 4. The number of halogens is 1. The summed E-state index contributed by atoms with van der Waals surface area (Å²) in [6, 6.07) is -0.152. The molecule has 39 heavy (non-hydrogen) atoms. The van der Waals surface area contributed by atoms with Gasteiger partial charge in [-0.05, 0) is 38.9 Å². The van der Waals surface area contributed by atoms with Crippen LogP contribution < -0.4 is 11.1 Å². The molecule has 5 rings (SSSR count). The van der Waals surface area contributed by atoms with E-state index in [9.17, 15) is 39.0 Å². The standard InChI is InChI=1S/C26H29FN4O8/c1-30(2)20-13-6-10-5-12-17(14(32)7-11(19(12)27)8-31-4-3-29-15(33)9-31)21(34)16(10)23(36)26(13,39)24(37)18(22(20)35)25(28)38/h7,10,13,16,18,20,32,39H,3-6,8-9H2,1-2H3,(H2,28,38)(H,29,33)/t10-,13-,16?,18?,20-,26-/m0/s1. The Labute approximate surface area is 222 Å². The maximum Gasteiger partial charge on any atom is 0.235 e. The third-order valence-electron chi connectivity index (χ3n) is 8.58. The minimum absolute atomic E-state index is 0.00387. The molecular weight excluding hydrogens is 515 g/mol. The van der Waals surface area contributed by atoms with Crippen LogP contribution in [0.5, 0.6) is 5.75 Å². The molecule has 12 nitrogen and oxygen atoms in total. The first kappa shape index (κ1) is 27.0. The largest absolute Gasteiger partial charge is 0.507 e. The molecule has 4 aliphatic rings. The van der Waals surface area contributed by atoms with Crippen LogP contribution in [0.25, 0.3) is 0 Å². The van der Waals surface area contributed by atoms with Crippen molar-refractivity contribution in [1.82, 2.24) is 15.1 Å². The van der Waals surface area contributed by atoms with Gasteiger partial charge in [0.15, 0.2) is 34.7 Å². The van der Waals surface area contributed by atoms with Gasteiger partial charge in [0.05, 0.1) is 24.1 Å². The van der Waals surface area contributed by atoms with Gasteiger partial charge in [-0.3, -0.25) is 38.6 Å². The number of aliphatic hydroxyl groups is 1. The van der Waals surface area contributed by atoms with Gasteiger partial charge in [0.25, 0.3) is 0 Å². The van der Waals surface area contributed by atoms with Crippen LogP contribution in [0.4, 0.5) is 4.39 Å². The number of carbonyl (C=O) groups is 6. The summed E-state index contributed by atoms with van der Waals surface area (Å²) in [5.74, 6) is -13.0. The number of hydrogen-bond acceptors (Lipinski definition) is 10. The summed E-state index contributed by atoms with van der Waals surface area (Å²) in [7, 11) is 2.97. The highest BCUT2D eigenvalue weighted by atomic mass is 19.1. The third-order valence-corrected chi connectivity index (χ3v) is 8.58. The predicted octanol–water partition coefficient (Wildman–Crippen LogP) is -2.06. The summed E-state index contributed by atoms with van der Waals surface area (Å²) in [6.07, 6.45) is -0.333. The molecule has 3 fully saturated rings. The Morgan fingerprint density at radius 1 is 1.23 bits per heavy atom. The number of carbonyl (C=O) groups excluding carboxylic acids is 6. The number of benzene rings is 1. The van der Waals surface area contributed by atoms with E-state index in [4.69, 9.17) is 5.73 Å². The van der Waals surface area contributed by atoms with E-state index < -0.39 is 81.5 Å². The number of nitrogens with zero attached hydrogens (tertiary/aromatic N) is 2. The molecule has 1 aromatic rings. The zero-order valence-electron chi connectivity index (χ0n) is 21.4. The number of Topliss-reactive ketones (excluding diaryl/α,β-unsaturated/α-hetero) is 4. The molecule has 1 saturated heterocycles. The van der Waals surface area contributed by atoms with Crippen molar-refractivity contribution >= 4 is 34.9 Å². The lowest BCUT2D eigenvalue weighted by molar-refractivity contribution is -0.181. The SMILES string of the molecule is CN(C)[C@@H]1C(=O)C(C(N)=O)C(=O)[C@@]2(O)C(=O)C3C(=O)c4c(O)cc(CN5CCNC(=O)C5)c(F)c4C[C@H]3C[C@@H]12. The lowest BCUT2D eigenvalue weighted by atomic mass is 9.52. The van der Waals surface area contributed by atoms with E-state index in [1.807, 2.05) is 0 Å². The second-order valence-corrected chi connectivity index (χ2v) is 11.1. The minimum atomic E-state index is -2.83. The topological polar surface area (TPSA) is 187 Å². The summed E-state index contributed by atoms with van der Waals surface area (Å²) in [4.78, 5) is 80.5. The summed E-state index contributed by atoms with van der Waals surface area (Å²) in [5.41, 5.74) is 2.04. The molecule has 0 radical (unpaired) electrons. The molecule has 208 valence electrons. The van der Waals surface area contributed by atoms with Gasteiger partial charge in [0.2, 0.25) is 11.8 Å². The lowest BCUT2D eigenvalue weighted by Gasteiger charge is -2.52. The second kappa shape index (κ2) is 9.28. The van der Waals surface area contributed by atoms with Gasteiger partial charge < -0.3 is 21.3 Å². The third kappa shape index (κ3) is 3.90. The van der Waals surface area contributed by atoms with Gasteiger partial charge in [-0.15, -0.1) is 0 Å². The number of aromatic hydroxyl groups is 1. The van der Waals surface area contributed by atoms with Crippen molar-refractivity contribution in [2.75, 3.05) is 33.7 Å². The summed E-state index contributed by atoms with van der Waals surface area (Å²) >= 11 is 0. The van der Waals surface area contributed by atoms with Gasteiger partial charge in [-0.2, -0.15) is 0 Å². The van der Waals surface area contributed by atoms with E-state index in [1.165, 1.54) is 19.0 Å². The van der Waals surface area contributed by atoms with E-state index in [2.05, 4.69) is 5.32 Å². The zero-order valence-corrected chi connectivity index (χ0v) is 21.4. The van der Waals surface area contributed by atoms with Gasteiger partial charge >= 0.3 is 0 Å². The normalized spacial score (nSPS) is 32.9. The van der Waals surface area contributed by atoms with E-state index in [1.54, 1.807) is 4.90 Å². The van der Waals surface area contributed by atoms with Crippen LogP contribution in [-0.2, 0) is 36.9 Å². The highest BCUT2D eigenvalue weighted by molar-refractivity contribution is 6.32. The highest BCUT2D eigenvalue weighted by Crippen LogP contribution is 2.51. The summed E-state index contributed by atoms with van der Waals surface area (Å²) in [6.45, 7) is 0.884. The van der Waals surface area contributed by atoms with Crippen LogP contribution in [0.2, 0.25) is 0 Å². The first-order chi connectivity index (χ1) is 18.3. The Hall–Kier alpha value is -3.55. The van der Waals surface area contributed by atoms with Crippen LogP contribution in [0.1, 0.15) is 27.9 Å². The molecule has 2 unspecified atom stereocenters. The van der Waals surface area contributed by atoms with Crippen molar-refractivity contribution in [1.29, 1.82) is 0 Å².